The molecular weight excluding hydrogens is 284 g/mol. The average Bonchev–Trinajstić information content (AvgIpc) is 2.37. The summed E-state index contributed by atoms with van der Waals surface area (Å²) >= 11 is 5.97. The minimum absolute atomic E-state index is 0.105. The van der Waals surface area contributed by atoms with Gasteiger partial charge in [0.25, 0.3) is 0 Å². The van der Waals surface area contributed by atoms with E-state index in [1.807, 2.05) is 19.1 Å². The summed E-state index contributed by atoms with van der Waals surface area (Å²) < 4.78 is 0. The number of carbonyl (C=O) groups is 1. The topological polar surface area (TPSA) is 41.1 Å². The van der Waals surface area contributed by atoms with E-state index in [-0.39, 0.29) is 17.2 Å². The molecule has 0 aromatic heterocycles. The van der Waals surface area contributed by atoms with Gasteiger partial charge in [0.2, 0.25) is 5.91 Å². The Kier molecular flexibility index (Phi) is 4.23. The van der Waals surface area contributed by atoms with Crippen LogP contribution in [0.5, 0.6) is 0 Å². The number of amides is 1. The fourth-order valence-electron chi connectivity index (χ4n) is 3.27. The lowest BCUT2D eigenvalue weighted by molar-refractivity contribution is -0.127. The Morgan fingerprint density at radius 2 is 2.05 bits per heavy atom. The number of nitrogens with one attached hydrogen (secondary N) is 2. The Morgan fingerprint density at radius 3 is 2.52 bits per heavy atom. The molecule has 1 aromatic rings. The molecule has 1 aliphatic carbocycles. The van der Waals surface area contributed by atoms with Crippen LogP contribution in [0.4, 0.5) is 0 Å². The molecule has 1 aliphatic heterocycles. The first-order valence-electron chi connectivity index (χ1n) is 7.85. The second kappa shape index (κ2) is 5.98. The van der Waals surface area contributed by atoms with Crippen LogP contribution in [0.3, 0.4) is 0 Å². The summed E-state index contributed by atoms with van der Waals surface area (Å²) in [5, 5.41) is 7.19. The van der Waals surface area contributed by atoms with E-state index in [9.17, 15) is 4.79 Å². The monoisotopic (exact) mass is 306 g/mol. The van der Waals surface area contributed by atoms with Crippen LogP contribution >= 0.6 is 11.6 Å². The molecule has 1 aromatic carbocycles. The zero-order valence-electron chi connectivity index (χ0n) is 12.5. The smallest absolute Gasteiger partial charge is 0.223 e. The van der Waals surface area contributed by atoms with Gasteiger partial charge in [0.05, 0.1) is 0 Å². The summed E-state index contributed by atoms with van der Waals surface area (Å²) in [6.07, 6.45) is 3.53. The Balaban J connectivity index is 1.61. The third-order valence-electron chi connectivity index (χ3n) is 5.30. The molecule has 3 rings (SSSR count). The van der Waals surface area contributed by atoms with Crippen molar-refractivity contribution in [1.29, 1.82) is 0 Å². The molecule has 3 nitrogen and oxygen atoms in total. The van der Waals surface area contributed by atoms with Gasteiger partial charge in [-0.05, 0) is 49.5 Å². The molecule has 2 aliphatic rings. The number of hydrogen-bond acceptors (Lipinski definition) is 2. The second-order valence-corrected chi connectivity index (χ2v) is 7.00. The SMILES string of the molecule is CC(C(=O)NCC1(c2ccc(Cl)cc2)CCC1)C1CNC1. The van der Waals surface area contributed by atoms with Gasteiger partial charge in [0.15, 0.2) is 0 Å². The zero-order chi connectivity index (χ0) is 14.9. The van der Waals surface area contributed by atoms with Crippen molar-refractivity contribution < 1.29 is 4.79 Å². The maximum atomic E-state index is 12.3. The van der Waals surface area contributed by atoms with Crippen molar-refractivity contribution >= 4 is 17.5 Å². The van der Waals surface area contributed by atoms with Crippen molar-refractivity contribution in [3.05, 3.63) is 34.9 Å². The third-order valence-corrected chi connectivity index (χ3v) is 5.55. The first kappa shape index (κ1) is 14.9. The van der Waals surface area contributed by atoms with Crippen molar-refractivity contribution in [2.75, 3.05) is 19.6 Å². The minimum atomic E-state index is 0.105. The summed E-state index contributed by atoms with van der Waals surface area (Å²) in [6.45, 7) is 4.72. The standard InChI is InChI=1S/C17H23ClN2O/c1-12(13-9-19-10-13)16(21)20-11-17(7-2-8-17)14-3-5-15(18)6-4-14/h3-6,12-13,19H,2,7-11H2,1H3,(H,20,21). The van der Waals surface area contributed by atoms with Gasteiger partial charge >= 0.3 is 0 Å². The van der Waals surface area contributed by atoms with Crippen LogP contribution in [0, 0.1) is 11.8 Å². The molecule has 21 heavy (non-hydrogen) atoms. The number of benzene rings is 1. The van der Waals surface area contributed by atoms with E-state index in [1.165, 1.54) is 12.0 Å². The highest BCUT2D eigenvalue weighted by Crippen LogP contribution is 2.43. The highest BCUT2D eigenvalue weighted by molar-refractivity contribution is 6.30. The van der Waals surface area contributed by atoms with Gasteiger partial charge in [-0.15, -0.1) is 0 Å². The molecule has 114 valence electrons. The minimum Gasteiger partial charge on any atom is -0.355 e. The van der Waals surface area contributed by atoms with Crippen LogP contribution < -0.4 is 10.6 Å². The second-order valence-electron chi connectivity index (χ2n) is 6.57. The molecule has 0 spiro atoms. The quantitative estimate of drug-likeness (QED) is 0.878. The Labute approximate surface area is 131 Å². The molecule has 0 bridgehead atoms. The molecule has 1 atom stereocenters. The number of hydrogen-bond donors (Lipinski definition) is 2. The number of rotatable bonds is 5. The molecule has 2 fully saturated rings. The maximum Gasteiger partial charge on any atom is 0.223 e. The van der Waals surface area contributed by atoms with E-state index in [0.29, 0.717) is 5.92 Å². The molecule has 1 heterocycles. The van der Waals surface area contributed by atoms with Gasteiger partial charge in [-0.3, -0.25) is 4.79 Å². The molecule has 1 saturated carbocycles. The van der Waals surface area contributed by atoms with Crippen LogP contribution in [-0.2, 0) is 10.2 Å². The average molecular weight is 307 g/mol. The predicted molar refractivity (Wildman–Crippen MR) is 85.5 cm³/mol. The summed E-state index contributed by atoms with van der Waals surface area (Å²) in [4.78, 5) is 12.3. The fourth-order valence-corrected chi connectivity index (χ4v) is 3.40. The first-order chi connectivity index (χ1) is 10.1. The molecule has 2 N–H and O–H groups in total. The Morgan fingerprint density at radius 1 is 1.38 bits per heavy atom. The Hall–Kier alpha value is -1.06. The van der Waals surface area contributed by atoms with Crippen molar-refractivity contribution in [2.45, 2.75) is 31.6 Å². The van der Waals surface area contributed by atoms with Crippen molar-refractivity contribution in [1.82, 2.24) is 10.6 Å². The predicted octanol–water partition coefficient (Wildman–Crippen LogP) is 2.73. The summed E-state index contributed by atoms with van der Waals surface area (Å²) in [7, 11) is 0. The van der Waals surface area contributed by atoms with E-state index >= 15 is 0 Å². The van der Waals surface area contributed by atoms with Crippen molar-refractivity contribution in [3.63, 3.8) is 0 Å². The highest BCUT2D eigenvalue weighted by Gasteiger charge is 2.39. The van der Waals surface area contributed by atoms with Crippen molar-refractivity contribution in [2.24, 2.45) is 11.8 Å². The van der Waals surface area contributed by atoms with Crippen LogP contribution in [0.1, 0.15) is 31.7 Å². The molecular formula is C17H23ClN2O. The lowest BCUT2D eigenvalue weighted by atomic mass is 9.64. The van der Waals surface area contributed by atoms with Crippen LogP contribution in [0.15, 0.2) is 24.3 Å². The highest BCUT2D eigenvalue weighted by atomic mass is 35.5. The zero-order valence-corrected chi connectivity index (χ0v) is 13.2. The van der Waals surface area contributed by atoms with E-state index in [1.54, 1.807) is 0 Å². The van der Waals surface area contributed by atoms with Gasteiger partial charge in [-0.25, -0.2) is 0 Å². The summed E-state index contributed by atoms with van der Waals surface area (Å²) in [6, 6.07) is 8.10. The van der Waals surface area contributed by atoms with E-state index in [4.69, 9.17) is 11.6 Å². The molecule has 1 amide bonds. The van der Waals surface area contributed by atoms with Gasteiger partial charge < -0.3 is 10.6 Å². The molecule has 1 unspecified atom stereocenters. The Bertz CT molecular complexity index is 506. The summed E-state index contributed by atoms with van der Waals surface area (Å²) in [5.74, 6) is 0.799. The third kappa shape index (κ3) is 2.95. The van der Waals surface area contributed by atoms with Gasteiger partial charge in [-0.2, -0.15) is 0 Å². The van der Waals surface area contributed by atoms with Crippen LogP contribution in [0.25, 0.3) is 0 Å². The van der Waals surface area contributed by atoms with E-state index in [2.05, 4.69) is 22.8 Å². The van der Waals surface area contributed by atoms with E-state index in [0.717, 1.165) is 37.5 Å². The fraction of sp³-hybridized carbons (Fsp3) is 0.588. The number of halogens is 1. The van der Waals surface area contributed by atoms with Gasteiger partial charge in [0.1, 0.15) is 0 Å². The lowest BCUT2D eigenvalue weighted by Gasteiger charge is -2.43. The van der Waals surface area contributed by atoms with Gasteiger partial charge in [-0.1, -0.05) is 37.1 Å². The molecule has 4 heteroatoms. The molecule has 1 saturated heterocycles. The van der Waals surface area contributed by atoms with E-state index < -0.39 is 0 Å². The lowest BCUT2D eigenvalue weighted by Crippen LogP contribution is -2.52. The van der Waals surface area contributed by atoms with Crippen LogP contribution in [-0.4, -0.2) is 25.5 Å². The summed E-state index contributed by atoms with van der Waals surface area (Å²) in [5.41, 5.74) is 1.43. The molecule has 0 radical (unpaired) electrons. The maximum absolute atomic E-state index is 12.3. The normalized spacial score (nSPS) is 22.0. The van der Waals surface area contributed by atoms with Crippen molar-refractivity contribution in [3.8, 4) is 0 Å². The van der Waals surface area contributed by atoms with Gasteiger partial charge in [0, 0.05) is 22.9 Å². The van der Waals surface area contributed by atoms with Crippen LogP contribution in [0.2, 0.25) is 5.02 Å². The number of carbonyl (C=O) groups excluding carboxylic acids is 1. The largest absolute Gasteiger partial charge is 0.355 e. The first-order valence-corrected chi connectivity index (χ1v) is 8.23.